The highest BCUT2D eigenvalue weighted by atomic mass is 31.2. The molecule has 0 bridgehead atoms. The van der Waals surface area contributed by atoms with Crippen LogP contribution in [0.4, 0.5) is 5.69 Å². The zero-order valence-electron chi connectivity index (χ0n) is 9.59. The van der Waals surface area contributed by atoms with Gasteiger partial charge in [0.05, 0.1) is 18.8 Å². The van der Waals surface area contributed by atoms with Gasteiger partial charge in [-0.15, -0.1) is 0 Å². The zero-order chi connectivity index (χ0) is 11.1. The van der Waals surface area contributed by atoms with E-state index in [1.807, 2.05) is 0 Å². The Morgan fingerprint density at radius 1 is 1.44 bits per heavy atom. The van der Waals surface area contributed by atoms with E-state index >= 15 is 0 Å². The third kappa shape index (κ3) is 1.64. The Kier molecular flexibility index (Phi) is 2.62. The Hall–Kier alpha value is -0.630. The van der Waals surface area contributed by atoms with Gasteiger partial charge in [-0.25, -0.2) is 0 Å². The van der Waals surface area contributed by atoms with Crippen LogP contribution < -0.4 is 4.67 Å². The molecule has 2 aliphatic heterocycles. The summed E-state index contributed by atoms with van der Waals surface area (Å²) in [6.07, 6.45) is 1.31. The summed E-state index contributed by atoms with van der Waals surface area (Å²) in [4.78, 5) is 0. The lowest BCUT2D eigenvalue weighted by molar-refractivity contribution is 0.221. The molecule has 0 aromatic heterocycles. The molecule has 1 aromatic carbocycles. The summed E-state index contributed by atoms with van der Waals surface area (Å²) in [7, 11) is -0.878. The van der Waals surface area contributed by atoms with Gasteiger partial charge >= 0.3 is 0 Å². The van der Waals surface area contributed by atoms with E-state index in [0.717, 1.165) is 13.0 Å². The first-order chi connectivity index (χ1) is 7.75. The molecule has 2 heterocycles. The van der Waals surface area contributed by atoms with Gasteiger partial charge in [-0.2, -0.15) is 0 Å². The van der Waals surface area contributed by atoms with Crippen LogP contribution in [-0.4, -0.2) is 18.8 Å². The van der Waals surface area contributed by atoms with Crippen LogP contribution in [0.1, 0.15) is 19.4 Å². The van der Waals surface area contributed by atoms with Crippen LogP contribution in [-0.2, 0) is 15.5 Å². The average molecular weight is 237 g/mol. The Labute approximate surface area is 97.3 Å². The molecule has 0 amide bonds. The summed E-state index contributed by atoms with van der Waals surface area (Å²) in [6, 6.07) is 9.05. The van der Waals surface area contributed by atoms with Crippen molar-refractivity contribution in [3.63, 3.8) is 0 Å². The molecular formula is C12H16NO2P. The van der Waals surface area contributed by atoms with Crippen LogP contribution >= 0.6 is 8.53 Å². The number of nitrogens with zero attached hydrogens (tertiary/aromatic N) is 1. The minimum atomic E-state index is -0.878. The fourth-order valence-electron chi connectivity index (χ4n) is 2.27. The fraction of sp³-hybridized carbons (Fsp3) is 0.500. The van der Waals surface area contributed by atoms with Gasteiger partial charge in [-0.1, -0.05) is 18.2 Å². The highest BCUT2D eigenvalue weighted by Crippen LogP contribution is 2.56. The van der Waals surface area contributed by atoms with Gasteiger partial charge in [0.2, 0.25) is 0 Å². The summed E-state index contributed by atoms with van der Waals surface area (Å²) in [5.41, 5.74) is 2.73. The first kappa shape index (κ1) is 10.5. The van der Waals surface area contributed by atoms with Crippen molar-refractivity contribution in [2.24, 2.45) is 0 Å². The number of hydrogen-bond donors (Lipinski definition) is 0. The summed E-state index contributed by atoms with van der Waals surface area (Å²) >= 11 is 0. The molecule has 1 unspecified atom stereocenters. The van der Waals surface area contributed by atoms with Crippen LogP contribution in [0, 0.1) is 0 Å². The maximum Gasteiger partial charge on any atom is 0.290 e. The number of benzene rings is 1. The van der Waals surface area contributed by atoms with E-state index in [9.17, 15) is 0 Å². The monoisotopic (exact) mass is 237 g/mol. The van der Waals surface area contributed by atoms with Crippen molar-refractivity contribution >= 4 is 14.2 Å². The van der Waals surface area contributed by atoms with Gasteiger partial charge in [0.25, 0.3) is 8.53 Å². The second-order valence-corrected chi connectivity index (χ2v) is 5.89. The van der Waals surface area contributed by atoms with Crippen molar-refractivity contribution in [3.05, 3.63) is 29.8 Å². The molecule has 16 heavy (non-hydrogen) atoms. The maximum atomic E-state index is 5.85. The van der Waals surface area contributed by atoms with Crippen LogP contribution in [0.25, 0.3) is 0 Å². The third-order valence-electron chi connectivity index (χ3n) is 2.89. The topological polar surface area (TPSA) is 21.7 Å². The standard InChI is InChI=1S/C12H16NO2P/c1-9(2)15-16-13-11(8-14-16)7-10-5-3-4-6-12(10)13/h3-6,9,11H,7-8H2,1-2H3/t11-,16?/m1/s1. The maximum absolute atomic E-state index is 5.85. The Morgan fingerprint density at radius 3 is 3.06 bits per heavy atom. The van der Waals surface area contributed by atoms with E-state index in [2.05, 4.69) is 42.8 Å². The molecule has 4 heteroatoms. The zero-order valence-corrected chi connectivity index (χ0v) is 10.5. The third-order valence-corrected chi connectivity index (χ3v) is 4.76. The van der Waals surface area contributed by atoms with Crippen LogP contribution in [0.5, 0.6) is 0 Å². The molecule has 0 saturated carbocycles. The number of hydrogen-bond acceptors (Lipinski definition) is 3. The molecule has 3 nitrogen and oxygen atoms in total. The molecule has 1 saturated heterocycles. The molecule has 1 fully saturated rings. The summed E-state index contributed by atoms with van der Waals surface area (Å²) in [6.45, 7) is 4.91. The van der Waals surface area contributed by atoms with E-state index in [-0.39, 0.29) is 6.10 Å². The average Bonchev–Trinajstić information content (AvgIpc) is 2.77. The van der Waals surface area contributed by atoms with Crippen molar-refractivity contribution in [1.29, 1.82) is 0 Å². The molecule has 3 rings (SSSR count). The van der Waals surface area contributed by atoms with Gasteiger partial charge in [0, 0.05) is 5.69 Å². The molecule has 0 radical (unpaired) electrons. The normalized spacial score (nSPS) is 27.3. The number of fused-ring (bicyclic) bond motifs is 3. The van der Waals surface area contributed by atoms with E-state index in [0.29, 0.717) is 6.04 Å². The van der Waals surface area contributed by atoms with Crippen molar-refractivity contribution in [3.8, 4) is 0 Å². The second-order valence-electron chi connectivity index (χ2n) is 4.52. The van der Waals surface area contributed by atoms with Gasteiger partial charge in [-0.05, 0) is 31.9 Å². The van der Waals surface area contributed by atoms with Crippen molar-refractivity contribution in [2.75, 3.05) is 11.3 Å². The molecular weight excluding hydrogens is 221 g/mol. The van der Waals surface area contributed by atoms with E-state index < -0.39 is 8.53 Å². The molecule has 0 aliphatic carbocycles. The summed E-state index contributed by atoms with van der Waals surface area (Å²) in [5, 5.41) is 0. The first-order valence-electron chi connectivity index (χ1n) is 5.72. The predicted octanol–water partition coefficient (Wildman–Crippen LogP) is 3.10. The largest absolute Gasteiger partial charge is 0.315 e. The lowest BCUT2D eigenvalue weighted by atomic mass is 10.1. The summed E-state index contributed by atoms with van der Waals surface area (Å²) < 4.78 is 13.9. The fourth-order valence-corrected chi connectivity index (χ4v) is 4.00. The lowest BCUT2D eigenvalue weighted by Gasteiger charge is -2.24. The SMILES string of the molecule is CC(C)OP1OC[C@H]2Cc3ccccc3N21. The van der Waals surface area contributed by atoms with Gasteiger partial charge < -0.3 is 13.7 Å². The smallest absolute Gasteiger partial charge is 0.290 e. The molecule has 0 spiro atoms. The van der Waals surface area contributed by atoms with Gasteiger partial charge in [0.1, 0.15) is 0 Å². The van der Waals surface area contributed by atoms with Crippen LogP contribution in [0.15, 0.2) is 24.3 Å². The molecule has 0 N–H and O–H groups in total. The minimum absolute atomic E-state index is 0.220. The Balaban J connectivity index is 1.88. The number of anilines is 1. The highest BCUT2D eigenvalue weighted by Gasteiger charge is 2.42. The van der Waals surface area contributed by atoms with E-state index in [4.69, 9.17) is 9.05 Å². The molecule has 2 aliphatic rings. The second kappa shape index (κ2) is 3.99. The number of rotatable bonds is 2. The van der Waals surface area contributed by atoms with E-state index in [1.54, 1.807) is 0 Å². The molecule has 1 aromatic rings. The van der Waals surface area contributed by atoms with Crippen molar-refractivity contribution in [1.82, 2.24) is 0 Å². The lowest BCUT2D eigenvalue weighted by Crippen LogP contribution is -2.23. The number of para-hydroxylation sites is 1. The van der Waals surface area contributed by atoms with Crippen molar-refractivity contribution in [2.45, 2.75) is 32.4 Å². The molecule has 2 atom stereocenters. The molecule has 86 valence electrons. The minimum Gasteiger partial charge on any atom is -0.315 e. The highest BCUT2D eigenvalue weighted by molar-refractivity contribution is 7.49. The van der Waals surface area contributed by atoms with Crippen molar-refractivity contribution < 1.29 is 9.05 Å². The van der Waals surface area contributed by atoms with Gasteiger partial charge in [-0.3, -0.25) is 0 Å². The Bertz CT molecular complexity index is 396. The van der Waals surface area contributed by atoms with Crippen LogP contribution in [0.3, 0.4) is 0 Å². The predicted molar refractivity (Wildman–Crippen MR) is 65.5 cm³/mol. The van der Waals surface area contributed by atoms with E-state index in [1.165, 1.54) is 11.3 Å². The van der Waals surface area contributed by atoms with Gasteiger partial charge in [0.15, 0.2) is 0 Å². The Morgan fingerprint density at radius 2 is 2.25 bits per heavy atom. The summed E-state index contributed by atoms with van der Waals surface area (Å²) in [5.74, 6) is 0. The van der Waals surface area contributed by atoms with Crippen LogP contribution in [0.2, 0.25) is 0 Å². The first-order valence-corrected chi connectivity index (χ1v) is 6.85. The quantitative estimate of drug-likeness (QED) is 0.738.